The first-order valence-corrected chi connectivity index (χ1v) is 6.97. The number of methoxy groups -OCH3 is 1. The predicted octanol–water partition coefficient (Wildman–Crippen LogP) is 1.35. The average molecular weight is 247 g/mol. The molecule has 3 aliphatic heterocycles. The molecule has 3 saturated heterocycles. The Labute approximate surface area is 110 Å². The summed E-state index contributed by atoms with van der Waals surface area (Å²) in [6.07, 6.45) is 1.37. The zero-order valence-electron chi connectivity index (χ0n) is 11.2. The van der Waals surface area contributed by atoms with E-state index in [0.717, 1.165) is 6.42 Å². The first kappa shape index (κ1) is 12.2. The van der Waals surface area contributed by atoms with Crippen LogP contribution < -0.4 is 0 Å². The average Bonchev–Trinajstić information content (AvgIpc) is 2.47. The molecule has 0 N–H and O–H groups in total. The van der Waals surface area contributed by atoms with Gasteiger partial charge in [0.2, 0.25) is 0 Å². The Morgan fingerprint density at radius 2 is 1.72 bits per heavy atom. The fourth-order valence-corrected chi connectivity index (χ4v) is 3.44. The molecule has 3 heteroatoms. The minimum Gasteiger partial charge on any atom is -0.332 e. The van der Waals surface area contributed by atoms with E-state index >= 15 is 0 Å². The second-order valence-electron chi connectivity index (χ2n) is 5.61. The predicted molar refractivity (Wildman–Crippen MR) is 72.2 cm³/mol. The Bertz CT molecular complexity index is 371. The van der Waals surface area contributed by atoms with E-state index < -0.39 is 0 Å². The Balaban J connectivity index is 1.75. The van der Waals surface area contributed by atoms with Gasteiger partial charge in [0.1, 0.15) is 0 Å². The van der Waals surface area contributed by atoms with Crippen molar-refractivity contribution in [2.45, 2.75) is 12.6 Å². The van der Waals surface area contributed by atoms with Crippen LogP contribution in [0.25, 0.3) is 0 Å². The van der Waals surface area contributed by atoms with E-state index in [1.807, 2.05) is 7.11 Å². The van der Waals surface area contributed by atoms with Gasteiger partial charge >= 0.3 is 0 Å². The molecule has 98 valence electrons. The minimum absolute atomic E-state index is 0.329. The van der Waals surface area contributed by atoms with E-state index in [0.29, 0.717) is 6.23 Å². The molecule has 3 aliphatic rings. The molecule has 1 unspecified atom stereocenters. The lowest BCUT2D eigenvalue weighted by Crippen LogP contribution is -2.71. The van der Waals surface area contributed by atoms with Crippen molar-refractivity contribution in [3.63, 3.8) is 0 Å². The van der Waals surface area contributed by atoms with Gasteiger partial charge in [0, 0.05) is 26.7 Å². The van der Waals surface area contributed by atoms with Crippen LogP contribution in [-0.2, 0) is 11.2 Å². The smallest absolute Gasteiger partial charge is 0.197 e. The van der Waals surface area contributed by atoms with Crippen LogP contribution in [0.3, 0.4) is 0 Å². The second kappa shape index (κ2) is 5.00. The van der Waals surface area contributed by atoms with Gasteiger partial charge in [0.15, 0.2) is 6.23 Å². The van der Waals surface area contributed by atoms with Gasteiger partial charge in [0.25, 0.3) is 0 Å². The number of benzene rings is 1. The SMILES string of the molecule is COC(Cc1ccccc1)[N+]12CCN(CC1)CC2. The molecule has 1 atom stereocenters. The summed E-state index contributed by atoms with van der Waals surface area (Å²) in [7, 11) is 1.88. The first-order chi connectivity index (χ1) is 8.82. The summed E-state index contributed by atoms with van der Waals surface area (Å²) in [5.41, 5.74) is 1.39. The standard InChI is InChI=1S/C15H23N2O/c1-18-15(13-14-5-3-2-4-6-14)17-10-7-16(8-11-17)9-12-17/h2-6,15H,7-13H2,1H3/q+1. The highest BCUT2D eigenvalue weighted by atomic mass is 16.5. The first-order valence-electron chi connectivity index (χ1n) is 6.97. The number of rotatable bonds is 4. The third kappa shape index (κ3) is 2.18. The maximum atomic E-state index is 5.87. The van der Waals surface area contributed by atoms with Crippen molar-refractivity contribution >= 4 is 0 Å². The van der Waals surface area contributed by atoms with Gasteiger partial charge in [-0.3, -0.25) is 9.38 Å². The molecule has 4 rings (SSSR count). The topological polar surface area (TPSA) is 12.5 Å². The molecule has 0 radical (unpaired) electrons. The summed E-state index contributed by atoms with van der Waals surface area (Å²) < 4.78 is 7.03. The van der Waals surface area contributed by atoms with E-state index in [1.54, 1.807) is 0 Å². The summed E-state index contributed by atoms with van der Waals surface area (Å²) in [5.74, 6) is 0. The van der Waals surface area contributed by atoms with E-state index in [-0.39, 0.29) is 0 Å². The molecule has 3 fully saturated rings. The van der Waals surface area contributed by atoms with Crippen molar-refractivity contribution in [2.24, 2.45) is 0 Å². The number of quaternary nitrogens is 1. The molecule has 18 heavy (non-hydrogen) atoms. The third-order valence-corrected chi connectivity index (χ3v) is 4.72. The third-order valence-electron chi connectivity index (χ3n) is 4.72. The molecule has 0 spiro atoms. The van der Waals surface area contributed by atoms with Crippen molar-refractivity contribution < 1.29 is 9.22 Å². The Hall–Kier alpha value is -0.900. The van der Waals surface area contributed by atoms with Crippen LogP contribution in [0.4, 0.5) is 0 Å². The molecular formula is C15H23N2O+. The number of hydrogen-bond donors (Lipinski definition) is 0. The molecule has 3 heterocycles. The maximum absolute atomic E-state index is 5.87. The van der Waals surface area contributed by atoms with E-state index in [4.69, 9.17) is 4.74 Å². The zero-order chi connectivity index (χ0) is 12.4. The molecule has 1 aromatic rings. The number of fused-ring (bicyclic) bond motifs is 3. The molecule has 3 nitrogen and oxygen atoms in total. The normalized spacial score (nSPS) is 32.4. The highest BCUT2D eigenvalue weighted by Crippen LogP contribution is 2.26. The lowest BCUT2D eigenvalue weighted by molar-refractivity contribution is -0.982. The molecule has 2 bridgehead atoms. The zero-order valence-corrected chi connectivity index (χ0v) is 11.2. The molecule has 0 aliphatic carbocycles. The van der Waals surface area contributed by atoms with Crippen LogP contribution in [0, 0.1) is 0 Å². The molecule has 1 aromatic carbocycles. The van der Waals surface area contributed by atoms with Crippen molar-refractivity contribution in [3.05, 3.63) is 35.9 Å². The van der Waals surface area contributed by atoms with E-state index in [1.165, 1.54) is 49.3 Å². The largest absolute Gasteiger partial charge is 0.332 e. The van der Waals surface area contributed by atoms with Crippen LogP contribution in [0.1, 0.15) is 5.56 Å². The number of piperazine rings is 3. The fraction of sp³-hybridized carbons (Fsp3) is 0.600. The fourth-order valence-electron chi connectivity index (χ4n) is 3.44. The molecule has 0 amide bonds. The lowest BCUT2D eigenvalue weighted by Gasteiger charge is -2.53. The summed E-state index contributed by atoms with van der Waals surface area (Å²) >= 11 is 0. The maximum Gasteiger partial charge on any atom is 0.197 e. The molecule has 0 aromatic heterocycles. The van der Waals surface area contributed by atoms with Crippen LogP contribution >= 0.6 is 0 Å². The summed E-state index contributed by atoms with van der Waals surface area (Å²) in [6, 6.07) is 10.7. The Kier molecular flexibility index (Phi) is 3.37. The van der Waals surface area contributed by atoms with Gasteiger partial charge in [-0.05, 0) is 5.56 Å². The van der Waals surface area contributed by atoms with Crippen molar-refractivity contribution in [2.75, 3.05) is 46.4 Å². The highest BCUT2D eigenvalue weighted by molar-refractivity contribution is 5.15. The van der Waals surface area contributed by atoms with Crippen LogP contribution in [0.2, 0.25) is 0 Å². The number of ether oxygens (including phenoxy) is 1. The van der Waals surface area contributed by atoms with Gasteiger partial charge < -0.3 is 4.74 Å². The number of nitrogens with zero attached hydrogens (tertiary/aromatic N) is 2. The van der Waals surface area contributed by atoms with Crippen LogP contribution in [0.5, 0.6) is 0 Å². The van der Waals surface area contributed by atoms with E-state index in [2.05, 4.69) is 35.2 Å². The Morgan fingerprint density at radius 3 is 2.28 bits per heavy atom. The lowest BCUT2D eigenvalue weighted by atomic mass is 10.1. The van der Waals surface area contributed by atoms with Gasteiger partial charge in [-0.15, -0.1) is 0 Å². The van der Waals surface area contributed by atoms with Crippen molar-refractivity contribution in [3.8, 4) is 0 Å². The quantitative estimate of drug-likeness (QED) is 0.745. The molecule has 0 saturated carbocycles. The van der Waals surface area contributed by atoms with Gasteiger partial charge in [-0.2, -0.15) is 0 Å². The van der Waals surface area contributed by atoms with Gasteiger partial charge in [0.05, 0.1) is 26.1 Å². The number of hydrogen-bond acceptors (Lipinski definition) is 2. The summed E-state index contributed by atoms with van der Waals surface area (Å²) in [4.78, 5) is 2.58. The molecular weight excluding hydrogens is 224 g/mol. The van der Waals surface area contributed by atoms with Crippen LogP contribution in [0.15, 0.2) is 30.3 Å². The minimum atomic E-state index is 0.329. The van der Waals surface area contributed by atoms with Gasteiger partial charge in [-0.25, -0.2) is 0 Å². The van der Waals surface area contributed by atoms with Gasteiger partial charge in [-0.1, -0.05) is 30.3 Å². The summed E-state index contributed by atoms with van der Waals surface area (Å²) in [5, 5.41) is 0. The monoisotopic (exact) mass is 247 g/mol. The summed E-state index contributed by atoms with van der Waals surface area (Å²) in [6.45, 7) is 7.50. The highest BCUT2D eigenvalue weighted by Gasteiger charge is 2.44. The van der Waals surface area contributed by atoms with Crippen molar-refractivity contribution in [1.82, 2.24) is 4.90 Å². The van der Waals surface area contributed by atoms with E-state index in [9.17, 15) is 0 Å². The second-order valence-corrected chi connectivity index (χ2v) is 5.61. The Morgan fingerprint density at radius 1 is 1.11 bits per heavy atom. The van der Waals surface area contributed by atoms with Crippen LogP contribution in [-0.4, -0.2) is 62.0 Å². The van der Waals surface area contributed by atoms with Crippen molar-refractivity contribution in [1.29, 1.82) is 0 Å².